The van der Waals surface area contributed by atoms with E-state index in [1.54, 1.807) is 6.20 Å². The van der Waals surface area contributed by atoms with Crippen LogP contribution in [0.1, 0.15) is 17.2 Å². The summed E-state index contributed by atoms with van der Waals surface area (Å²) in [5.74, 6) is 0.899. The van der Waals surface area contributed by atoms with Crippen molar-refractivity contribution < 1.29 is 9.53 Å². The van der Waals surface area contributed by atoms with Crippen LogP contribution in [0.15, 0.2) is 73.1 Å². The van der Waals surface area contributed by atoms with Crippen LogP contribution < -0.4 is 10.1 Å². The predicted molar refractivity (Wildman–Crippen MR) is 107 cm³/mol. The Hall–Kier alpha value is -3.12. The van der Waals surface area contributed by atoms with Crippen LogP contribution in [0.5, 0.6) is 5.75 Å². The fourth-order valence-corrected chi connectivity index (χ4v) is 3.44. The number of aromatic nitrogens is 2. The summed E-state index contributed by atoms with van der Waals surface area (Å²) >= 11 is 0. The highest BCUT2D eigenvalue weighted by atomic mass is 16.5. The number of rotatable bonds is 6. The molecule has 2 heterocycles. The summed E-state index contributed by atoms with van der Waals surface area (Å²) in [6.07, 6.45) is 3.52. The first-order chi connectivity index (χ1) is 13.8. The van der Waals surface area contributed by atoms with Crippen LogP contribution in [0.3, 0.4) is 0 Å². The van der Waals surface area contributed by atoms with Crippen molar-refractivity contribution in [2.75, 3.05) is 19.6 Å². The number of nitrogens with one attached hydrogen (secondary N) is 1. The van der Waals surface area contributed by atoms with E-state index in [1.807, 2.05) is 53.3 Å². The lowest BCUT2D eigenvalue weighted by atomic mass is 10.1. The number of hydrogen-bond donors (Lipinski definition) is 1. The van der Waals surface area contributed by atoms with Gasteiger partial charge in [0.1, 0.15) is 11.9 Å². The van der Waals surface area contributed by atoms with Crippen molar-refractivity contribution in [3.8, 4) is 5.75 Å². The third kappa shape index (κ3) is 4.58. The molecule has 1 atom stereocenters. The second kappa shape index (κ2) is 8.71. The minimum atomic E-state index is -0.110. The Labute approximate surface area is 164 Å². The van der Waals surface area contributed by atoms with Gasteiger partial charge in [0.05, 0.1) is 13.1 Å². The lowest BCUT2D eigenvalue weighted by Gasteiger charge is -2.23. The van der Waals surface area contributed by atoms with Crippen molar-refractivity contribution in [2.45, 2.75) is 19.2 Å². The third-order valence-electron chi connectivity index (χ3n) is 4.82. The van der Waals surface area contributed by atoms with Crippen LogP contribution in [-0.4, -0.2) is 40.2 Å². The molecule has 144 valence electrons. The van der Waals surface area contributed by atoms with Crippen LogP contribution >= 0.6 is 0 Å². The Morgan fingerprint density at radius 1 is 1.11 bits per heavy atom. The van der Waals surface area contributed by atoms with Gasteiger partial charge in [0.15, 0.2) is 0 Å². The van der Waals surface area contributed by atoms with Crippen LogP contribution in [0.4, 0.5) is 0 Å². The Morgan fingerprint density at radius 3 is 2.75 bits per heavy atom. The maximum atomic E-state index is 12.5. The molecule has 1 N–H and O–H groups in total. The molecule has 1 amide bonds. The molecule has 1 aliphatic heterocycles. The van der Waals surface area contributed by atoms with Crippen LogP contribution in [0.2, 0.25) is 0 Å². The van der Waals surface area contributed by atoms with Gasteiger partial charge in [0.25, 0.3) is 0 Å². The average molecular weight is 376 g/mol. The predicted octanol–water partition coefficient (Wildman–Crippen LogP) is 2.64. The van der Waals surface area contributed by atoms with Crippen molar-refractivity contribution >= 4 is 5.91 Å². The summed E-state index contributed by atoms with van der Waals surface area (Å²) in [6.45, 7) is 2.90. The average Bonchev–Trinajstić information content (AvgIpc) is 3.16. The van der Waals surface area contributed by atoms with Gasteiger partial charge in [-0.2, -0.15) is 5.10 Å². The highest BCUT2D eigenvalue weighted by molar-refractivity contribution is 5.78. The molecule has 0 saturated carbocycles. The molecule has 2 aromatic carbocycles. The Bertz CT molecular complexity index is 896. The van der Waals surface area contributed by atoms with Crippen LogP contribution in [0.25, 0.3) is 0 Å². The molecule has 0 aliphatic carbocycles. The number of para-hydroxylation sites is 1. The number of fused-ring (bicyclic) bond motifs is 1. The standard InChI is InChI=1S/C22H24N4O2/c27-22(23-12-14-26-13-6-11-24-26)17-25-15-19-9-4-5-10-20(19)28-21(16-25)18-7-2-1-3-8-18/h1-11,13,21H,12,14-17H2,(H,23,27). The van der Waals surface area contributed by atoms with Crippen LogP contribution in [-0.2, 0) is 17.9 Å². The van der Waals surface area contributed by atoms with Crippen molar-refractivity contribution in [1.29, 1.82) is 0 Å². The summed E-state index contributed by atoms with van der Waals surface area (Å²) < 4.78 is 8.11. The van der Waals surface area contributed by atoms with Gasteiger partial charge in [-0.25, -0.2) is 0 Å². The van der Waals surface area contributed by atoms with E-state index in [1.165, 1.54) is 0 Å². The van der Waals surface area contributed by atoms with E-state index < -0.39 is 0 Å². The zero-order chi connectivity index (χ0) is 19.2. The molecule has 0 spiro atoms. The highest BCUT2D eigenvalue weighted by Gasteiger charge is 2.25. The number of hydrogen-bond acceptors (Lipinski definition) is 4. The smallest absolute Gasteiger partial charge is 0.234 e. The lowest BCUT2D eigenvalue weighted by Crippen LogP contribution is -2.39. The lowest BCUT2D eigenvalue weighted by molar-refractivity contribution is -0.122. The monoisotopic (exact) mass is 376 g/mol. The van der Waals surface area contributed by atoms with Crippen molar-refractivity contribution in [1.82, 2.24) is 20.0 Å². The summed E-state index contributed by atoms with van der Waals surface area (Å²) in [4.78, 5) is 14.6. The molecule has 3 aromatic rings. The highest BCUT2D eigenvalue weighted by Crippen LogP contribution is 2.30. The SMILES string of the molecule is O=C(CN1Cc2ccccc2OC(c2ccccc2)C1)NCCn1cccn1. The van der Waals surface area contributed by atoms with Gasteiger partial charge in [0, 0.05) is 37.6 Å². The van der Waals surface area contributed by atoms with Gasteiger partial charge in [-0.3, -0.25) is 14.4 Å². The maximum absolute atomic E-state index is 12.5. The molecule has 1 unspecified atom stereocenters. The van der Waals surface area contributed by atoms with Crippen LogP contribution in [0, 0.1) is 0 Å². The van der Waals surface area contributed by atoms with Gasteiger partial charge in [-0.1, -0.05) is 48.5 Å². The largest absolute Gasteiger partial charge is 0.484 e. The fourth-order valence-electron chi connectivity index (χ4n) is 3.44. The summed E-state index contributed by atoms with van der Waals surface area (Å²) in [7, 11) is 0. The second-order valence-corrected chi connectivity index (χ2v) is 6.91. The number of amides is 1. The molecule has 1 aromatic heterocycles. The minimum Gasteiger partial charge on any atom is -0.484 e. The van der Waals surface area contributed by atoms with E-state index in [0.29, 0.717) is 32.7 Å². The molecule has 28 heavy (non-hydrogen) atoms. The van der Waals surface area contributed by atoms with Crippen molar-refractivity contribution in [3.63, 3.8) is 0 Å². The van der Waals surface area contributed by atoms with E-state index in [9.17, 15) is 4.79 Å². The first-order valence-corrected chi connectivity index (χ1v) is 9.54. The number of ether oxygens (including phenoxy) is 1. The Kier molecular flexibility index (Phi) is 5.68. The van der Waals surface area contributed by atoms with E-state index in [4.69, 9.17) is 4.74 Å². The Balaban J connectivity index is 1.42. The van der Waals surface area contributed by atoms with E-state index >= 15 is 0 Å². The molecule has 6 heteroatoms. The van der Waals surface area contributed by atoms with Gasteiger partial charge < -0.3 is 10.1 Å². The maximum Gasteiger partial charge on any atom is 0.234 e. The van der Waals surface area contributed by atoms with Crippen molar-refractivity contribution in [3.05, 3.63) is 84.2 Å². The van der Waals surface area contributed by atoms with E-state index in [-0.39, 0.29) is 12.0 Å². The summed E-state index contributed by atoms with van der Waals surface area (Å²) in [5.41, 5.74) is 2.22. The van der Waals surface area contributed by atoms with Gasteiger partial charge in [-0.05, 0) is 17.7 Å². The zero-order valence-electron chi connectivity index (χ0n) is 15.7. The third-order valence-corrected chi connectivity index (χ3v) is 4.82. The minimum absolute atomic E-state index is 0.0124. The zero-order valence-corrected chi connectivity index (χ0v) is 15.7. The molecular formula is C22H24N4O2. The number of carbonyl (C=O) groups is 1. The quantitative estimate of drug-likeness (QED) is 0.719. The fraction of sp³-hybridized carbons (Fsp3) is 0.273. The Morgan fingerprint density at radius 2 is 1.93 bits per heavy atom. The second-order valence-electron chi connectivity index (χ2n) is 6.91. The number of benzene rings is 2. The first kappa shape index (κ1) is 18.3. The van der Waals surface area contributed by atoms with E-state index in [0.717, 1.165) is 16.9 Å². The molecule has 1 aliphatic rings. The molecule has 0 saturated heterocycles. The van der Waals surface area contributed by atoms with Gasteiger partial charge in [-0.15, -0.1) is 0 Å². The molecule has 0 fully saturated rings. The molecule has 4 rings (SSSR count). The van der Waals surface area contributed by atoms with Gasteiger partial charge in [0.2, 0.25) is 5.91 Å². The first-order valence-electron chi connectivity index (χ1n) is 9.54. The van der Waals surface area contributed by atoms with Gasteiger partial charge >= 0.3 is 0 Å². The molecule has 0 bridgehead atoms. The summed E-state index contributed by atoms with van der Waals surface area (Å²) in [6, 6.07) is 20.1. The molecular weight excluding hydrogens is 352 g/mol. The normalized spacial score (nSPS) is 16.6. The van der Waals surface area contributed by atoms with Crippen molar-refractivity contribution in [2.24, 2.45) is 0 Å². The summed E-state index contributed by atoms with van der Waals surface area (Å²) in [5, 5.41) is 7.13. The van der Waals surface area contributed by atoms with E-state index in [2.05, 4.69) is 33.5 Å². The number of nitrogens with zero attached hydrogens (tertiary/aromatic N) is 3. The molecule has 0 radical (unpaired) electrons. The topological polar surface area (TPSA) is 59.4 Å². The molecule has 6 nitrogen and oxygen atoms in total. The number of carbonyl (C=O) groups excluding carboxylic acids is 1.